The van der Waals surface area contributed by atoms with Crippen molar-refractivity contribution in [2.75, 3.05) is 5.43 Å². The molecule has 0 saturated heterocycles. The SMILES string of the molecule is Cc1cccn2c(=O)c(/C=N/Nc3nc4ccccc4s3)c(Sc3nc4ccccc4s3)nc12. The Hall–Kier alpha value is -3.60. The number of rotatable bonds is 5. The Kier molecular flexibility index (Phi) is 5.33. The van der Waals surface area contributed by atoms with Crippen molar-refractivity contribution < 1.29 is 0 Å². The average Bonchev–Trinajstić information content (AvgIpc) is 3.44. The van der Waals surface area contributed by atoms with Crippen LogP contribution in [0.15, 0.2) is 86.1 Å². The molecule has 0 aliphatic rings. The maximum Gasteiger partial charge on any atom is 0.267 e. The van der Waals surface area contributed by atoms with Gasteiger partial charge in [0.2, 0.25) is 5.13 Å². The number of hydrogen-bond donors (Lipinski definition) is 1. The maximum absolute atomic E-state index is 13.4. The zero-order valence-corrected chi connectivity index (χ0v) is 20.2. The number of aryl methyl sites for hydroxylation is 1. The van der Waals surface area contributed by atoms with Gasteiger partial charge in [-0.1, -0.05) is 41.7 Å². The quantitative estimate of drug-likeness (QED) is 0.182. The average molecular weight is 501 g/mol. The lowest BCUT2D eigenvalue weighted by Gasteiger charge is -2.08. The molecule has 0 atom stereocenters. The fraction of sp³-hybridized carbons (Fsp3) is 0.0417. The van der Waals surface area contributed by atoms with Crippen LogP contribution >= 0.6 is 34.4 Å². The second-order valence-corrected chi connectivity index (χ2v) is 10.7. The number of nitrogens with one attached hydrogen (secondary N) is 1. The molecule has 6 aromatic rings. The summed E-state index contributed by atoms with van der Waals surface area (Å²) in [6, 6.07) is 19.6. The molecule has 2 aromatic carbocycles. The molecule has 4 aromatic heterocycles. The van der Waals surface area contributed by atoms with Crippen LogP contribution in [0.5, 0.6) is 0 Å². The number of para-hydroxylation sites is 2. The fourth-order valence-electron chi connectivity index (χ4n) is 3.53. The molecule has 0 fully saturated rings. The van der Waals surface area contributed by atoms with Crippen molar-refractivity contribution in [3.8, 4) is 0 Å². The van der Waals surface area contributed by atoms with Crippen LogP contribution in [0.2, 0.25) is 0 Å². The molecule has 34 heavy (non-hydrogen) atoms. The molecule has 1 N–H and O–H groups in total. The first-order chi connectivity index (χ1) is 16.7. The van der Waals surface area contributed by atoms with Gasteiger partial charge in [-0.2, -0.15) is 5.10 Å². The normalized spacial score (nSPS) is 11.8. The van der Waals surface area contributed by atoms with Gasteiger partial charge < -0.3 is 0 Å². The lowest BCUT2D eigenvalue weighted by atomic mass is 10.3. The first kappa shape index (κ1) is 21.0. The predicted molar refractivity (Wildman–Crippen MR) is 141 cm³/mol. The van der Waals surface area contributed by atoms with E-state index in [1.807, 2.05) is 67.6 Å². The van der Waals surface area contributed by atoms with Crippen LogP contribution in [0.4, 0.5) is 5.13 Å². The highest BCUT2D eigenvalue weighted by Crippen LogP contribution is 2.34. The van der Waals surface area contributed by atoms with Crippen molar-refractivity contribution in [1.82, 2.24) is 19.4 Å². The highest BCUT2D eigenvalue weighted by molar-refractivity contribution is 8.01. The second kappa shape index (κ2) is 8.64. The minimum absolute atomic E-state index is 0.188. The van der Waals surface area contributed by atoms with Gasteiger partial charge in [0.1, 0.15) is 10.7 Å². The fourth-order valence-corrected chi connectivity index (χ4v) is 6.41. The lowest BCUT2D eigenvalue weighted by Crippen LogP contribution is -2.21. The van der Waals surface area contributed by atoms with E-state index in [2.05, 4.69) is 15.5 Å². The molecule has 0 aliphatic heterocycles. The first-order valence-electron chi connectivity index (χ1n) is 10.4. The third kappa shape index (κ3) is 3.85. The summed E-state index contributed by atoms with van der Waals surface area (Å²) in [5.41, 5.74) is 6.53. The summed E-state index contributed by atoms with van der Waals surface area (Å²) in [4.78, 5) is 27.5. The number of anilines is 1. The number of aromatic nitrogens is 4. The van der Waals surface area contributed by atoms with E-state index < -0.39 is 0 Å². The largest absolute Gasteiger partial charge is 0.268 e. The second-order valence-electron chi connectivity index (χ2n) is 7.43. The van der Waals surface area contributed by atoms with Crippen molar-refractivity contribution in [1.29, 1.82) is 0 Å². The molecule has 0 amide bonds. The van der Waals surface area contributed by atoms with E-state index in [0.29, 0.717) is 21.4 Å². The van der Waals surface area contributed by atoms with Gasteiger partial charge in [-0.25, -0.2) is 15.0 Å². The summed E-state index contributed by atoms with van der Waals surface area (Å²) in [6.45, 7) is 1.94. The van der Waals surface area contributed by atoms with Gasteiger partial charge in [0.15, 0.2) is 4.34 Å². The number of pyridine rings is 1. The third-order valence-corrected chi connectivity index (χ3v) is 8.20. The Morgan fingerprint density at radius 2 is 1.68 bits per heavy atom. The number of benzene rings is 2. The predicted octanol–water partition coefficient (Wildman–Crippen LogP) is 5.82. The Morgan fingerprint density at radius 1 is 0.941 bits per heavy atom. The molecule has 0 aliphatic carbocycles. The molecule has 0 unspecified atom stereocenters. The van der Waals surface area contributed by atoms with Crippen molar-refractivity contribution in [3.05, 3.63) is 88.3 Å². The molecular formula is C24H16N6OS3. The summed E-state index contributed by atoms with van der Waals surface area (Å²) in [5, 5.41) is 5.55. The number of thiazole rings is 2. The van der Waals surface area contributed by atoms with Crippen molar-refractivity contribution in [2.24, 2.45) is 5.10 Å². The van der Waals surface area contributed by atoms with Crippen LogP contribution in [0.25, 0.3) is 26.1 Å². The topological polar surface area (TPSA) is 84.5 Å². The third-order valence-electron chi connectivity index (χ3n) is 5.16. The Morgan fingerprint density at radius 3 is 2.44 bits per heavy atom. The Bertz CT molecular complexity index is 1700. The zero-order chi connectivity index (χ0) is 23.1. The van der Waals surface area contributed by atoms with Gasteiger partial charge in [-0.3, -0.25) is 14.6 Å². The van der Waals surface area contributed by atoms with E-state index in [0.717, 1.165) is 30.3 Å². The molecule has 0 spiro atoms. The smallest absolute Gasteiger partial charge is 0.267 e. The van der Waals surface area contributed by atoms with Crippen LogP contribution in [-0.2, 0) is 0 Å². The summed E-state index contributed by atoms with van der Waals surface area (Å²) >= 11 is 4.45. The molecule has 7 nitrogen and oxygen atoms in total. The summed E-state index contributed by atoms with van der Waals surface area (Å²) in [7, 11) is 0. The minimum Gasteiger partial charge on any atom is -0.268 e. The molecule has 0 saturated carbocycles. The van der Waals surface area contributed by atoms with Crippen molar-refractivity contribution >= 4 is 71.9 Å². The number of nitrogens with zero attached hydrogens (tertiary/aromatic N) is 5. The summed E-state index contributed by atoms with van der Waals surface area (Å²) in [5.74, 6) is 0. The number of hydrogen-bond acceptors (Lipinski definition) is 9. The lowest BCUT2D eigenvalue weighted by molar-refractivity contribution is 0.967. The Labute approximate surface area is 205 Å². The Balaban J connectivity index is 1.41. The highest BCUT2D eigenvalue weighted by atomic mass is 32.2. The van der Waals surface area contributed by atoms with E-state index in [4.69, 9.17) is 9.97 Å². The minimum atomic E-state index is -0.188. The van der Waals surface area contributed by atoms with Gasteiger partial charge in [-0.15, -0.1) is 11.3 Å². The monoisotopic (exact) mass is 500 g/mol. The van der Waals surface area contributed by atoms with E-state index in [9.17, 15) is 4.79 Å². The molecule has 6 rings (SSSR count). The molecule has 0 bridgehead atoms. The molecular weight excluding hydrogens is 485 g/mol. The van der Waals surface area contributed by atoms with E-state index >= 15 is 0 Å². The zero-order valence-electron chi connectivity index (χ0n) is 17.8. The number of hydrazone groups is 1. The van der Waals surface area contributed by atoms with Gasteiger partial charge in [0.25, 0.3) is 5.56 Å². The summed E-state index contributed by atoms with van der Waals surface area (Å²) < 4.78 is 4.53. The van der Waals surface area contributed by atoms with E-state index in [1.165, 1.54) is 29.3 Å². The standard InChI is InChI=1S/C24H16N6OS3/c1-14-7-6-12-30-20(14)28-21(34-24-27-17-9-3-5-11-19(17)33-24)15(22(30)31)13-25-29-23-26-16-8-2-4-10-18(16)32-23/h2-13H,1H3,(H,26,29)/b25-13+. The maximum atomic E-state index is 13.4. The van der Waals surface area contributed by atoms with Gasteiger partial charge >= 0.3 is 0 Å². The number of fused-ring (bicyclic) bond motifs is 3. The van der Waals surface area contributed by atoms with Gasteiger partial charge in [0.05, 0.1) is 32.2 Å². The summed E-state index contributed by atoms with van der Waals surface area (Å²) in [6.07, 6.45) is 3.24. The molecule has 4 heterocycles. The van der Waals surface area contributed by atoms with Gasteiger partial charge in [-0.05, 0) is 54.6 Å². The van der Waals surface area contributed by atoms with Crippen LogP contribution < -0.4 is 11.0 Å². The van der Waals surface area contributed by atoms with Crippen LogP contribution in [0.1, 0.15) is 11.1 Å². The van der Waals surface area contributed by atoms with Gasteiger partial charge in [0, 0.05) is 6.20 Å². The van der Waals surface area contributed by atoms with Crippen LogP contribution in [0.3, 0.4) is 0 Å². The molecule has 10 heteroatoms. The van der Waals surface area contributed by atoms with Crippen molar-refractivity contribution in [3.63, 3.8) is 0 Å². The van der Waals surface area contributed by atoms with Crippen molar-refractivity contribution in [2.45, 2.75) is 16.3 Å². The first-order valence-corrected chi connectivity index (χ1v) is 12.8. The molecule has 0 radical (unpaired) electrons. The van der Waals surface area contributed by atoms with Crippen LogP contribution in [-0.4, -0.2) is 25.6 Å². The van der Waals surface area contributed by atoms with E-state index in [-0.39, 0.29) is 5.56 Å². The van der Waals surface area contributed by atoms with E-state index in [1.54, 1.807) is 21.9 Å². The van der Waals surface area contributed by atoms with Crippen LogP contribution in [0, 0.1) is 6.92 Å². The molecule has 166 valence electrons. The highest BCUT2D eigenvalue weighted by Gasteiger charge is 2.16.